The van der Waals surface area contributed by atoms with Crippen LogP contribution in [0, 0.1) is 0 Å². The van der Waals surface area contributed by atoms with Crippen LogP contribution in [0.15, 0.2) is 192 Å². The summed E-state index contributed by atoms with van der Waals surface area (Å²) in [6.07, 6.45) is 0. The number of hydrogen-bond donors (Lipinski definition) is 0. The molecule has 0 amide bonds. The Hall–Kier alpha value is -6.38. The molecular formula is C46H31NO. The van der Waals surface area contributed by atoms with Crippen molar-refractivity contribution in [2.24, 2.45) is 0 Å². The van der Waals surface area contributed by atoms with E-state index in [-0.39, 0.29) is 0 Å². The Morgan fingerprint density at radius 2 is 0.896 bits per heavy atom. The van der Waals surface area contributed by atoms with E-state index in [4.69, 9.17) is 4.42 Å². The standard InChI is InChI=1S/C46H31NO/c1-2-16-38(17-3-1)47(39-26-23-32(24-27-39)36-25-28-46-44(31-36)43-20-6-7-22-45(43)48-46)40-18-9-14-35(30-40)34-13-8-15-37(29-34)42-21-10-12-33-11-4-5-19-41(33)42/h1-31H. The summed E-state index contributed by atoms with van der Waals surface area (Å²) in [7, 11) is 0. The molecule has 0 atom stereocenters. The first-order valence-corrected chi connectivity index (χ1v) is 16.3. The highest BCUT2D eigenvalue weighted by Gasteiger charge is 2.15. The van der Waals surface area contributed by atoms with Crippen molar-refractivity contribution >= 4 is 49.8 Å². The highest BCUT2D eigenvalue weighted by Crippen LogP contribution is 2.39. The summed E-state index contributed by atoms with van der Waals surface area (Å²) in [5.41, 5.74) is 12.3. The minimum Gasteiger partial charge on any atom is -0.456 e. The topological polar surface area (TPSA) is 16.4 Å². The van der Waals surface area contributed by atoms with Gasteiger partial charge in [-0.3, -0.25) is 0 Å². The van der Waals surface area contributed by atoms with Gasteiger partial charge in [0.25, 0.3) is 0 Å². The Balaban J connectivity index is 1.09. The molecule has 0 fully saturated rings. The number of nitrogens with zero attached hydrogens (tertiary/aromatic N) is 1. The number of fused-ring (bicyclic) bond motifs is 4. The summed E-state index contributed by atoms with van der Waals surface area (Å²) in [5, 5.41) is 4.80. The second-order valence-corrected chi connectivity index (χ2v) is 12.2. The van der Waals surface area contributed by atoms with Crippen LogP contribution in [0.3, 0.4) is 0 Å². The molecule has 1 heterocycles. The van der Waals surface area contributed by atoms with E-state index in [1.54, 1.807) is 0 Å². The summed E-state index contributed by atoms with van der Waals surface area (Å²) in [6, 6.07) is 67.0. The lowest BCUT2D eigenvalue weighted by atomic mass is 9.95. The van der Waals surface area contributed by atoms with Gasteiger partial charge in [0.05, 0.1) is 0 Å². The number of rotatable bonds is 6. The summed E-state index contributed by atoms with van der Waals surface area (Å²) >= 11 is 0. The molecule has 0 saturated heterocycles. The number of anilines is 3. The number of furan rings is 1. The van der Waals surface area contributed by atoms with Crippen LogP contribution in [0.25, 0.3) is 66.1 Å². The predicted molar refractivity (Wildman–Crippen MR) is 202 cm³/mol. The van der Waals surface area contributed by atoms with E-state index in [0.717, 1.165) is 44.6 Å². The molecule has 0 N–H and O–H groups in total. The molecule has 1 aromatic heterocycles. The smallest absolute Gasteiger partial charge is 0.135 e. The molecule has 0 saturated carbocycles. The molecule has 0 radical (unpaired) electrons. The van der Waals surface area contributed by atoms with E-state index in [1.807, 2.05) is 12.1 Å². The Morgan fingerprint density at radius 3 is 1.77 bits per heavy atom. The molecule has 2 nitrogen and oxygen atoms in total. The van der Waals surface area contributed by atoms with Gasteiger partial charge in [0.1, 0.15) is 11.2 Å². The fraction of sp³-hybridized carbons (Fsp3) is 0. The maximum atomic E-state index is 6.07. The van der Waals surface area contributed by atoms with Crippen LogP contribution in [-0.4, -0.2) is 0 Å². The molecule has 48 heavy (non-hydrogen) atoms. The second kappa shape index (κ2) is 11.8. The zero-order valence-electron chi connectivity index (χ0n) is 26.3. The van der Waals surface area contributed by atoms with Gasteiger partial charge in [0.2, 0.25) is 0 Å². The maximum Gasteiger partial charge on any atom is 0.135 e. The largest absolute Gasteiger partial charge is 0.456 e. The first-order valence-electron chi connectivity index (χ1n) is 16.3. The fourth-order valence-electron chi connectivity index (χ4n) is 6.90. The van der Waals surface area contributed by atoms with Crippen LogP contribution in [-0.2, 0) is 0 Å². The normalized spacial score (nSPS) is 11.3. The molecule has 0 aliphatic rings. The highest BCUT2D eigenvalue weighted by molar-refractivity contribution is 6.06. The van der Waals surface area contributed by atoms with Crippen LogP contribution < -0.4 is 4.90 Å². The Kier molecular flexibility index (Phi) is 6.84. The number of hydrogen-bond acceptors (Lipinski definition) is 2. The minimum absolute atomic E-state index is 0.911. The van der Waals surface area contributed by atoms with Gasteiger partial charge in [0.15, 0.2) is 0 Å². The molecule has 0 aliphatic carbocycles. The molecule has 9 rings (SSSR count). The molecule has 9 aromatic rings. The Morgan fingerprint density at radius 1 is 0.312 bits per heavy atom. The lowest BCUT2D eigenvalue weighted by molar-refractivity contribution is 0.669. The van der Waals surface area contributed by atoms with E-state index < -0.39 is 0 Å². The third-order valence-corrected chi connectivity index (χ3v) is 9.25. The van der Waals surface area contributed by atoms with Crippen molar-refractivity contribution in [3.8, 4) is 33.4 Å². The monoisotopic (exact) mass is 613 g/mol. The quantitative estimate of drug-likeness (QED) is 0.185. The first-order chi connectivity index (χ1) is 23.8. The highest BCUT2D eigenvalue weighted by atomic mass is 16.3. The van der Waals surface area contributed by atoms with Crippen molar-refractivity contribution in [1.29, 1.82) is 0 Å². The molecule has 0 unspecified atom stereocenters. The van der Waals surface area contributed by atoms with Gasteiger partial charge in [-0.15, -0.1) is 0 Å². The molecule has 0 bridgehead atoms. The SMILES string of the molecule is c1ccc(N(c2ccc(-c3ccc4oc5ccccc5c4c3)cc2)c2cccc(-c3cccc(-c4cccc5ccccc45)c3)c2)cc1. The average Bonchev–Trinajstić information content (AvgIpc) is 3.54. The molecular weight excluding hydrogens is 583 g/mol. The van der Waals surface area contributed by atoms with Crippen molar-refractivity contribution < 1.29 is 4.42 Å². The van der Waals surface area contributed by atoms with E-state index in [1.165, 1.54) is 38.6 Å². The lowest BCUT2D eigenvalue weighted by Gasteiger charge is -2.26. The Bertz CT molecular complexity index is 2560. The number of benzene rings is 8. The lowest BCUT2D eigenvalue weighted by Crippen LogP contribution is -2.09. The summed E-state index contributed by atoms with van der Waals surface area (Å²) in [5.74, 6) is 0. The predicted octanol–water partition coefficient (Wildman–Crippen LogP) is 13.2. The molecule has 226 valence electrons. The van der Waals surface area contributed by atoms with Gasteiger partial charge in [-0.2, -0.15) is 0 Å². The third kappa shape index (κ3) is 5.01. The summed E-state index contributed by atoms with van der Waals surface area (Å²) in [6.45, 7) is 0. The van der Waals surface area contributed by atoms with E-state index in [0.29, 0.717) is 0 Å². The van der Waals surface area contributed by atoms with Crippen molar-refractivity contribution in [1.82, 2.24) is 0 Å². The first kappa shape index (κ1) is 27.9. The van der Waals surface area contributed by atoms with Gasteiger partial charge >= 0.3 is 0 Å². The van der Waals surface area contributed by atoms with Crippen molar-refractivity contribution in [2.45, 2.75) is 0 Å². The maximum absolute atomic E-state index is 6.07. The number of para-hydroxylation sites is 2. The van der Waals surface area contributed by atoms with Gasteiger partial charge in [-0.05, 0) is 105 Å². The van der Waals surface area contributed by atoms with Gasteiger partial charge in [-0.1, -0.05) is 127 Å². The van der Waals surface area contributed by atoms with Gasteiger partial charge in [0, 0.05) is 27.8 Å². The average molecular weight is 614 g/mol. The van der Waals surface area contributed by atoms with Crippen LogP contribution in [0.2, 0.25) is 0 Å². The van der Waals surface area contributed by atoms with E-state index in [2.05, 4.69) is 181 Å². The zero-order valence-corrected chi connectivity index (χ0v) is 26.3. The summed E-state index contributed by atoms with van der Waals surface area (Å²) in [4.78, 5) is 2.33. The van der Waals surface area contributed by atoms with Crippen LogP contribution in [0.4, 0.5) is 17.1 Å². The van der Waals surface area contributed by atoms with Crippen molar-refractivity contribution in [3.63, 3.8) is 0 Å². The fourth-order valence-corrected chi connectivity index (χ4v) is 6.90. The van der Waals surface area contributed by atoms with Gasteiger partial charge < -0.3 is 9.32 Å². The third-order valence-electron chi connectivity index (χ3n) is 9.25. The van der Waals surface area contributed by atoms with E-state index >= 15 is 0 Å². The molecule has 8 aromatic carbocycles. The molecule has 0 aliphatic heterocycles. The summed E-state index contributed by atoms with van der Waals surface area (Å²) < 4.78 is 6.07. The molecule has 0 spiro atoms. The minimum atomic E-state index is 0.911. The van der Waals surface area contributed by atoms with Crippen LogP contribution in [0.1, 0.15) is 0 Å². The van der Waals surface area contributed by atoms with Crippen molar-refractivity contribution in [3.05, 3.63) is 188 Å². The van der Waals surface area contributed by atoms with Crippen LogP contribution >= 0.6 is 0 Å². The van der Waals surface area contributed by atoms with Crippen LogP contribution in [0.5, 0.6) is 0 Å². The Labute approximate surface area is 279 Å². The van der Waals surface area contributed by atoms with Crippen molar-refractivity contribution in [2.75, 3.05) is 4.90 Å². The van der Waals surface area contributed by atoms with E-state index in [9.17, 15) is 0 Å². The zero-order chi connectivity index (χ0) is 31.9. The second-order valence-electron chi connectivity index (χ2n) is 12.2. The molecule has 2 heteroatoms. The van der Waals surface area contributed by atoms with Gasteiger partial charge in [-0.25, -0.2) is 0 Å².